The van der Waals surface area contributed by atoms with Gasteiger partial charge < -0.3 is 14.5 Å². The fourth-order valence-electron chi connectivity index (χ4n) is 2.45. The van der Waals surface area contributed by atoms with Crippen molar-refractivity contribution in [1.82, 2.24) is 10.2 Å². The number of nitrogens with zero attached hydrogens (tertiary/aromatic N) is 1. The third kappa shape index (κ3) is 6.26. The third-order valence-corrected chi connectivity index (χ3v) is 3.40. The second-order valence-corrected chi connectivity index (χ2v) is 5.63. The molecule has 1 amide bonds. The van der Waals surface area contributed by atoms with E-state index in [1.807, 2.05) is 37.3 Å². The largest absolute Gasteiger partial charge is 0.468 e. The smallest absolute Gasteiger partial charge is 0.234 e. The van der Waals surface area contributed by atoms with Gasteiger partial charge in [-0.3, -0.25) is 9.69 Å². The predicted molar refractivity (Wildman–Crippen MR) is 88.7 cm³/mol. The van der Waals surface area contributed by atoms with E-state index in [2.05, 4.69) is 22.3 Å². The number of carbonyl (C=O) groups is 1. The minimum absolute atomic E-state index is 0.00492. The summed E-state index contributed by atoms with van der Waals surface area (Å²) in [7, 11) is 1.63. The second-order valence-electron chi connectivity index (χ2n) is 5.63. The van der Waals surface area contributed by atoms with Crippen LogP contribution in [0.4, 0.5) is 0 Å². The maximum absolute atomic E-state index is 12.2. The Morgan fingerprint density at radius 2 is 2.00 bits per heavy atom. The van der Waals surface area contributed by atoms with Crippen molar-refractivity contribution in [2.45, 2.75) is 26.1 Å². The Bertz CT molecular complexity index is 569. The lowest BCUT2D eigenvalue weighted by Gasteiger charge is -2.22. The van der Waals surface area contributed by atoms with Gasteiger partial charge in [0.25, 0.3) is 0 Å². The number of hydrogen-bond acceptors (Lipinski definition) is 4. The number of methoxy groups -OCH3 is 1. The highest BCUT2D eigenvalue weighted by molar-refractivity contribution is 5.78. The molecule has 0 spiro atoms. The van der Waals surface area contributed by atoms with Crippen LogP contribution in [-0.4, -0.2) is 37.1 Å². The molecule has 2 rings (SSSR count). The van der Waals surface area contributed by atoms with Crippen LogP contribution in [0.25, 0.3) is 0 Å². The number of carbonyl (C=O) groups excluding carboxylic acids is 1. The third-order valence-electron chi connectivity index (χ3n) is 3.40. The molecule has 1 aromatic heterocycles. The van der Waals surface area contributed by atoms with Crippen LogP contribution in [0.1, 0.15) is 18.2 Å². The standard InChI is InChI=1S/C18H24N2O3/c1-15(14-22-2)19-18(21)13-20(12-17-9-6-10-23-17)11-16-7-4-3-5-8-16/h3-10,15H,11-14H2,1-2H3,(H,19,21). The number of furan rings is 1. The number of amides is 1. The van der Waals surface area contributed by atoms with Crippen LogP contribution < -0.4 is 5.32 Å². The van der Waals surface area contributed by atoms with Crippen LogP contribution in [0, 0.1) is 0 Å². The van der Waals surface area contributed by atoms with Gasteiger partial charge in [0.15, 0.2) is 0 Å². The summed E-state index contributed by atoms with van der Waals surface area (Å²) in [5, 5.41) is 2.94. The Morgan fingerprint density at radius 3 is 2.65 bits per heavy atom. The van der Waals surface area contributed by atoms with E-state index in [4.69, 9.17) is 9.15 Å². The van der Waals surface area contributed by atoms with Crippen molar-refractivity contribution in [1.29, 1.82) is 0 Å². The lowest BCUT2D eigenvalue weighted by molar-refractivity contribution is -0.123. The van der Waals surface area contributed by atoms with Crippen LogP contribution in [-0.2, 0) is 22.6 Å². The van der Waals surface area contributed by atoms with Gasteiger partial charge in [0.2, 0.25) is 5.91 Å². The molecule has 124 valence electrons. The average Bonchev–Trinajstić information content (AvgIpc) is 3.01. The Balaban J connectivity index is 1.96. The molecule has 0 saturated carbocycles. The molecule has 1 atom stereocenters. The van der Waals surface area contributed by atoms with E-state index in [1.54, 1.807) is 13.4 Å². The molecular weight excluding hydrogens is 292 g/mol. The van der Waals surface area contributed by atoms with Crippen molar-refractivity contribution in [3.63, 3.8) is 0 Å². The van der Waals surface area contributed by atoms with E-state index in [-0.39, 0.29) is 11.9 Å². The molecule has 0 radical (unpaired) electrons. The fraction of sp³-hybridized carbons (Fsp3) is 0.389. The molecule has 1 heterocycles. The zero-order valence-corrected chi connectivity index (χ0v) is 13.7. The number of benzene rings is 1. The summed E-state index contributed by atoms with van der Waals surface area (Å²) in [6.45, 7) is 4.02. The molecular formula is C18H24N2O3. The van der Waals surface area contributed by atoms with Gasteiger partial charge in [-0.15, -0.1) is 0 Å². The number of ether oxygens (including phenoxy) is 1. The van der Waals surface area contributed by atoms with Crippen LogP contribution in [0.5, 0.6) is 0 Å². The highest BCUT2D eigenvalue weighted by Crippen LogP contribution is 2.10. The first-order valence-corrected chi connectivity index (χ1v) is 7.74. The monoisotopic (exact) mass is 316 g/mol. The molecule has 5 heteroatoms. The first kappa shape index (κ1) is 17.2. The van der Waals surface area contributed by atoms with Crippen molar-refractivity contribution in [2.75, 3.05) is 20.3 Å². The number of rotatable bonds is 9. The summed E-state index contributed by atoms with van der Waals surface area (Å²) in [6, 6.07) is 13.9. The molecule has 1 aromatic carbocycles. The quantitative estimate of drug-likeness (QED) is 0.772. The van der Waals surface area contributed by atoms with Crippen molar-refractivity contribution < 1.29 is 13.9 Å². The van der Waals surface area contributed by atoms with Crippen LogP contribution in [0.3, 0.4) is 0 Å². The van der Waals surface area contributed by atoms with E-state index >= 15 is 0 Å². The number of hydrogen-bond donors (Lipinski definition) is 1. The van der Waals surface area contributed by atoms with Gasteiger partial charge in [0, 0.05) is 19.7 Å². The Kier molecular flexibility index (Phi) is 6.84. The molecule has 0 aliphatic heterocycles. The molecule has 5 nitrogen and oxygen atoms in total. The summed E-state index contributed by atoms with van der Waals surface area (Å²) in [6.07, 6.45) is 1.65. The van der Waals surface area contributed by atoms with Gasteiger partial charge in [-0.25, -0.2) is 0 Å². The Hall–Kier alpha value is -2.11. The summed E-state index contributed by atoms with van der Waals surface area (Å²) >= 11 is 0. The summed E-state index contributed by atoms with van der Waals surface area (Å²) in [5.41, 5.74) is 1.16. The van der Waals surface area contributed by atoms with Gasteiger partial charge in [-0.1, -0.05) is 30.3 Å². The first-order valence-electron chi connectivity index (χ1n) is 7.74. The second kappa shape index (κ2) is 9.12. The Labute approximate surface area is 137 Å². The number of nitrogens with one attached hydrogen (secondary N) is 1. The maximum Gasteiger partial charge on any atom is 0.234 e. The molecule has 23 heavy (non-hydrogen) atoms. The van der Waals surface area contributed by atoms with E-state index in [0.29, 0.717) is 26.2 Å². The van der Waals surface area contributed by atoms with Gasteiger partial charge in [-0.05, 0) is 24.6 Å². The molecule has 2 aromatic rings. The molecule has 0 saturated heterocycles. The zero-order valence-electron chi connectivity index (χ0n) is 13.7. The van der Waals surface area contributed by atoms with Gasteiger partial charge >= 0.3 is 0 Å². The molecule has 0 fully saturated rings. The summed E-state index contributed by atoms with van der Waals surface area (Å²) in [5.74, 6) is 0.829. The van der Waals surface area contributed by atoms with E-state index in [0.717, 1.165) is 11.3 Å². The molecule has 1 N–H and O–H groups in total. The average molecular weight is 316 g/mol. The molecule has 0 aliphatic rings. The normalized spacial score (nSPS) is 12.3. The van der Waals surface area contributed by atoms with Crippen molar-refractivity contribution in [2.24, 2.45) is 0 Å². The van der Waals surface area contributed by atoms with Gasteiger partial charge in [-0.2, -0.15) is 0 Å². The SMILES string of the molecule is COCC(C)NC(=O)CN(Cc1ccccc1)Cc1ccco1. The van der Waals surface area contributed by atoms with E-state index in [1.165, 1.54) is 0 Å². The molecule has 0 aliphatic carbocycles. The molecule has 1 unspecified atom stereocenters. The minimum Gasteiger partial charge on any atom is -0.468 e. The lowest BCUT2D eigenvalue weighted by Crippen LogP contribution is -2.42. The highest BCUT2D eigenvalue weighted by Gasteiger charge is 2.15. The van der Waals surface area contributed by atoms with Crippen molar-refractivity contribution >= 4 is 5.91 Å². The predicted octanol–water partition coefficient (Wildman–Crippen LogP) is 2.43. The van der Waals surface area contributed by atoms with Crippen molar-refractivity contribution in [3.8, 4) is 0 Å². The van der Waals surface area contributed by atoms with Crippen LogP contribution in [0.15, 0.2) is 53.1 Å². The zero-order chi connectivity index (χ0) is 16.5. The van der Waals surface area contributed by atoms with E-state index < -0.39 is 0 Å². The van der Waals surface area contributed by atoms with E-state index in [9.17, 15) is 4.79 Å². The summed E-state index contributed by atoms with van der Waals surface area (Å²) < 4.78 is 10.5. The van der Waals surface area contributed by atoms with Crippen molar-refractivity contribution in [3.05, 3.63) is 60.1 Å². The molecule has 0 bridgehead atoms. The highest BCUT2D eigenvalue weighted by atomic mass is 16.5. The minimum atomic E-state index is -0.0166. The Morgan fingerprint density at radius 1 is 1.22 bits per heavy atom. The maximum atomic E-state index is 12.2. The van der Waals surface area contributed by atoms with Crippen LogP contribution in [0.2, 0.25) is 0 Å². The lowest BCUT2D eigenvalue weighted by atomic mass is 10.2. The fourth-order valence-corrected chi connectivity index (χ4v) is 2.45. The summed E-state index contributed by atoms with van der Waals surface area (Å²) in [4.78, 5) is 14.3. The van der Waals surface area contributed by atoms with Gasteiger partial charge in [0.05, 0.1) is 26.0 Å². The van der Waals surface area contributed by atoms with Crippen LogP contribution >= 0.6 is 0 Å². The first-order chi connectivity index (χ1) is 11.2. The topological polar surface area (TPSA) is 54.7 Å². The van der Waals surface area contributed by atoms with Gasteiger partial charge in [0.1, 0.15) is 5.76 Å².